The molecule has 0 radical (unpaired) electrons. The fraction of sp³-hybridized carbons (Fsp3) is 0.583. The fourth-order valence-corrected chi connectivity index (χ4v) is 8.23. The maximum atomic E-state index is 14.6. The number of esters is 1. The second-order valence-electron chi connectivity index (χ2n) is 17.3. The summed E-state index contributed by atoms with van der Waals surface area (Å²) in [6, 6.07) is 1.28. The van der Waals surface area contributed by atoms with Crippen LogP contribution in [-0.4, -0.2) is 118 Å². The molecule has 16 nitrogen and oxygen atoms in total. The molecular formula is C48H69N3O13. The molecule has 0 unspecified atom stereocenters. The number of hydrogen-bond donors (Lipinski definition) is 5. The number of carbonyl (C=O) groups excluding carboxylic acids is 4. The molecular weight excluding hydrogens is 827 g/mol. The number of nitrogens with zero attached hydrogens (tertiary/aromatic N) is 2. The first-order valence-electron chi connectivity index (χ1n) is 22.2. The van der Waals surface area contributed by atoms with E-state index in [9.17, 15) is 39.6 Å². The van der Waals surface area contributed by atoms with Crippen molar-refractivity contribution in [2.24, 2.45) is 23.7 Å². The van der Waals surface area contributed by atoms with Crippen molar-refractivity contribution in [2.75, 3.05) is 39.2 Å². The van der Waals surface area contributed by atoms with E-state index < -0.39 is 95.5 Å². The average molecular weight is 896 g/mol. The predicted molar refractivity (Wildman–Crippen MR) is 242 cm³/mol. The number of rotatable bonds is 12. The van der Waals surface area contributed by atoms with Crippen molar-refractivity contribution in [2.45, 2.75) is 125 Å². The van der Waals surface area contributed by atoms with Gasteiger partial charge in [-0.15, -0.1) is 0 Å². The summed E-state index contributed by atoms with van der Waals surface area (Å²) < 4.78 is 30.0. The third-order valence-corrected chi connectivity index (χ3v) is 12.5. The number of amides is 2. The summed E-state index contributed by atoms with van der Waals surface area (Å²) in [5.74, 6) is -8.10. The Morgan fingerprint density at radius 3 is 2.16 bits per heavy atom. The number of likely N-dealkylation sites (N-methyl/N-ethyl adjacent to an activating group) is 1. The van der Waals surface area contributed by atoms with Crippen LogP contribution in [0.25, 0.3) is 10.8 Å². The van der Waals surface area contributed by atoms with Gasteiger partial charge in [0.15, 0.2) is 12.4 Å². The Morgan fingerprint density at radius 2 is 1.56 bits per heavy atom. The van der Waals surface area contributed by atoms with Gasteiger partial charge < -0.3 is 49.4 Å². The molecule has 9 atom stereocenters. The van der Waals surface area contributed by atoms with Crippen LogP contribution in [0.1, 0.15) is 104 Å². The van der Waals surface area contributed by atoms with Crippen LogP contribution in [0.2, 0.25) is 0 Å². The maximum absolute atomic E-state index is 14.6. The van der Waals surface area contributed by atoms with Crippen LogP contribution < -0.4 is 14.8 Å². The molecule has 2 aromatic rings. The van der Waals surface area contributed by atoms with E-state index in [1.807, 2.05) is 5.01 Å². The number of ketones is 1. The van der Waals surface area contributed by atoms with Crippen molar-refractivity contribution in [3.8, 4) is 23.0 Å². The van der Waals surface area contributed by atoms with E-state index in [1.54, 1.807) is 46.9 Å². The van der Waals surface area contributed by atoms with Crippen molar-refractivity contribution in [1.82, 2.24) is 10.0 Å². The Morgan fingerprint density at radius 1 is 0.922 bits per heavy atom. The largest absolute Gasteiger partial charge is 0.507 e. The predicted octanol–water partition coefficient (Wildman–Crippen LogP) is 6.70. The molecule has 5 bridgehead atoms. The highest BCUT2D eigenvalue weighted by molar-refractivity contribution is 6.21. The molecule has 2 amide bonds. The molecule has 5 N–H and O–H groups in total. The van der Waals surface area contributed by atoms with Gasteiger partial charge in [-0.1, -0.05) is 72.6 Å². The summed E-state index contributed by atoms with van der Waals surface area (Å²) in [6.45, 7) is 17.5. The van der Waals surface area contributed by atoms with E-state index in [0.717, 1.165) is 25.7 Å². The second-order valence-corrected chi connectivity index (χ2v) is 17.3. The quantitative estimate of drug-likeness (QED) is 0.0852. The lowest BCUT2D eigenvalue weighted by atomic mass is 9.78. The summed E-state index contributed by atoms with van der Waals surface area (Å²) in [5.41, 5.74) is -0.0137. The number of hydrazine groups is 1. The zero-order chi connectivity index (χ0) is 47.8. The highest BCUT2D eigenvalue weighted by atomic mass is 16.7. The van der Waals surface area contributed by atoms with Crippen molar-refractivity contribution in [1.29, 1.82) is 0 Å². The van der Waals surface area contributed by atoms with Gasteiger partial charge in [-0.2, -0.15) is 0 Å². The molecule has 3 aliphatic heterocycles. The molecule has 16 heteroatoms. The lowest BCUT2D eigenvalue weighted by molar-refractivity contribution is -0.160. The SMILES string of the molecule is CCCCN(CCCC)N(C)C(=O)COc1cc2c(O)c3c(O)c(C)c4c(c13)C(=O)[C@@](C)(O/C=C/[C@H](OC)[C@@H](C)[C@@H](OC(C)=O)[C@H](C)[C@@H](O)[C@H](C)[C@H](O)[C@H](C)/C=C/C=C(/C)C(=O)N2)O4. The lowest BCUT2D eigenvalue weighted by Gasteiger charge is -2.38. The van der Waals surface area contributed by atoms with Crippen molar-refractivity contribution < 1.29 is 63.3 Å². The Bertz CT molecular complexity index is 2110. The number of nitrogens with one attached hydrogen (secondary N) is 1. The molecule has 0 aliphatic carbocycles. The number of Topliss-reactive ketones (excluding diaryl/α,β-unsaturated/α-hetero) is 1. The van der Waals surface area contributed by atoms with E-state index in [2.05, 4.69) is 19.2 Å². The summed E-state index contributed by atoms with van der Waals surface area (Å²) in [7, 11) is 3.10. The zero-order valence-electron chi connectivity index (χ0n) is 39.4. The fourth-order valence-electron chi connectivity index (χ4n) is 8.23. The van der Waals surface area contributed by atoms with Crippen LogP contribution >= 0.6 is 0 Å². The molecule has 0 fully saturated rings. The number of benzene rings is 2. The van der Waals surface area contributed by atoms with Gasteiger partial charge in [-0.25, -0.2) is 5.01 Å². The number of allylic oxidation sites excluding steroid dienone is 2. The van der Waals surface area contributed by atoms with Gasteiger partial charge in [0.2, 0.25) is 0 Å². The molecule has 0 aromatic heterocycles. The third kappa shape index (κ3) is 11.2. The van der Waals surface area contributed by atoms with Crippen LogP contribution in [0.4, 0.5) is 5.69 Å². The van der Waals surface area contributed by atoms with Crippen molar-refractivity contribution in [3.63, 3.8) is 0 Å². The van der Waals surface area contributed by atoms with Gasteiger partial charge in [0.1, 0.15) is 23.4 Å². The monoisotopic (exact) mass is 895 g/mol. The Balaban J connectivity index is 1.91. The number of unbranched alkanes of at least 4 members (excludes halogenated alkanes) is 2. The number of phenols is 2. The number of aliphatic hydroxyl groups excluding tert-OH is 2. The number of fused-ring (bicyclic) bond motifs is 14. The van der Waals surface area contributed by atoms with Crippen LogP contribution in [0, 0.1) is 30.6 Å². The number of hydrogen-bond acceptors (Lipinski definition) is 14. The molecule has 64 heavy (non-hydrogen) atoms. The first-order valence-corrected chi connectivity index (χ1v) is 22.2. The number of aromatic hydroxyl groups is 2. The van der Waals surface area contributed by atoms with Gasteiger partial charge >= 0.3 is 11.8 Å². The topological polar surface area (TPSA) is 214 Å². The van der Waals surface area contributed by atoms with Gasteiger partial charge in [-0.3, -0.25) is 24.2 Å². The molecule has 0 saturated heterocycles. The van der Waals surface area contributed by atoms with Gasteiger partial charge in [0.25, 0.3) is 17.6 Å². The number of carbonyl (C=O) groups is 4. The van der Waals surface area contributed by atoms with Crippen LogP contribution in [0.3, 0.4) is 0 Å². The van der Waals surface area contributed by atoms with Gasteiger partial charge in [0, 0.05) is 87.4 Å². The third-order valence-electron chi connectivity index (χ3n) is 12.5. The van der Waals surface area contributed by atoms with E-state index >= 15 is 0 Å². The first kappa shape index (κ1) is 51.5. The minimum atomic E-state index is -2.04. The maximum Gasteiger partial charge on any atom is 0.312 e. The summed E-state index contributed by atoms with van der Waals surface area (Å²) >= 11 is 0. The zero-order valence-corrected chi connectivity index (χ0v) is 39.4. The summed E-state index contributed by atoms with van der Waals surface area (Å²) in [6.07, 6.45) is 7.20. The van der Waals surface area contributed by atoms with E-state index in [4.69, 9.17) is 23.7 Å². The highest BCUT2D eigenvalue weighted by Gasteiger charge is 2.50. The number of phenolic OH excluding ortho intramolecular Hbond substituents is 2. The number of aliphatic hydroxyl groups is 2. The van der Waals surface area contributed by atoms with Gasteiger partial charge in [-0.05, 0) is 32.8 Å². The van der Waals surface area contributed by atoms with Crippen LogP contribution in [0.15, 0.2) is 42.2 Å². The standard InChI is InChI=1S/C48H69N3O13/c1-13-15-21-51(22-16-14-2)50(11)36(53)25-61-35-24-33-43(57)38-37(35)39-45(31(8)42(38)56)64-48(10,46(39)58)62-23-20-34(60-12)28(5)44(63-32(9)52)30(7)41(55)29(6)40(54)26(3)18-17-19-27(4)47(59)49-33/h17-20,23-24,26,28-30,34,40-41,44,54-57H,13-16,21-22,25H2,1-12H3,(H,49,59)/b18-17+,23-20+,27-19-/t26-,28-,29-,30-,34+,40-,41+,44-,48+/m1/s1. The van der Waals surface area contributed by atoms with E-state index in [0.29, 0.717) is 13.1 Å². The van der Waals surface area contributed by atoms with Crippen molar-refractivity contribution >= 4 is 40.0 Å². The highest BCUT2D eigenvalue weighted by Crippen LogP contribution is 2.54. The molecule has 3 heterocycles. The summed E-state index contributed by atoms with van der Waals surface area (Å²) in [4.78, 5) is 54.5. The molecule has 354 valence electrons. The van der Waals surface area contributed by atoms with Crippen LogP contribution in [0.5, 0.6) is 23.0 Å². The Kier molecular flexibility index (Phi) is 17.8. The number of anilines is 1. The molecule has 0 saturated carbocycles. The average Bonchev–Trinajstić information content (AvgIpc) is 3.53. The molecule has 2 aromatic carbocycles. The Hall–Kier alpha value is -5.16. The second kappa shape index (κ2) is 22.2. The molecule has 0 spiro atoms. The normalized spacial score (nSPS) is 28.5. The number of ether oxygens (including phenoxy) is 5. The summed E-state index contributed by atoms with van der Waals surface area (Å²) in [5, 5.41) is 52.3. The minimum Gasteiger partial charge on any atom is -0.507 e. The Labute approximate surface area is 376 Å². The van der Waals surface area contributed by atoms with Crippen molar-refractivity contribution in [3.05, 3.63) is 53.3 Å². The first-order chi connectivity index (χ1) is 30.1. The minimum absolute atomic E-state index is 0.0586. The van der Waals surface area contributed by atoms with Gasteiger partial charge in [0.05, 0.1) is 41.2 Å². The lowest BCUT2D eigenvalue weighted by Crippen LogP contribution is -2.46. The van der Waals surface area contributed by atoms with E-state index in [-0.39, 0.29) is 44.7 Å². The smallest absolute Gasteiger partial charge is 0.312 e. The molecule has 5 rings (SSSR count). The molecule has 3 aliphatic rings. The number of methoxy groups -OCH3 is 1. The van der Waals surface area contributed by atoms with Crippen LogP contribution in [-0.2, 0) is 28.6 Å². The van der Waals surface area contributed by atoms with E-state index in [1.165, 1.54) is 64.3 Å².